The second-order valence-electron chi connectivity index (χ2n) is 4.69. The zero-order valence-corrected chi connectivity index (χ0v) is 12.9. The minimum atomic E-state index is -1.34. The maximum absolute atomic E-state index is 14.5. The second-order valence-corrected chi connectivity index (χ2v) is 5.32. The lowest BCUT2D eigenvalue weighted by molar-refractivity contribution is 0.0694. The smallest absolute Gasteiger partial charge is 0.339 e. The summed E-state index contributed by atoms with van der Waals surface area (Å²) in [5, 5.41) is 18.6. The van der Waals surface area contributed by atoms with Crippen molar-refractivity contribution >= 4 is 35.0 Å². The van der Waals surface area contributed by atoms with E-state index in [0.717, 1.165) is 23.7 Å². The maximum atomic E-state index is 14.5. The minimum Gasteiger partial charge on any atom is -0.478 e. The standard InChI is InChI=1S/C14H15FN4O2S/c1-7-3-8(2)11-9(4-7)19-10(5-17-18-6-22-16)13(15)12(11)14(20)21/h3-5,18H,6,16H2,1-2H3,(H,20,21)/b17-5+. The van der Waals surface area contributed by atoms with Crippen molar-refractivity contribution in [3.63, 3.8) is 0 Å². The fourth-order valence-corrected chi connectivity index (χ4v) is 2.39. The molecule has 0 saturated heterocycles. The van der Waals surface area contributed by atoms with E-state index in [1.54, 1.807) is 19.1 Å². The molecule has 22 heavy (non-hydrogen) atoms. The molecule has 0 aliphatic rings. The monoisotopic (exact) mass is 322 g/mol. The molecule has 0 unspecified atom stereocenters. The van der Waals surface area contributed by atoms with Gasteiger partial charge in [0.2, 0.25) is 0 Å². The van der Waals surface area contributed by atoms with Gasteiger partial charge in [0.05, 0.1) is 17.6 Å². The first-order valence-corrected chi connectivity index (χ1v) is 7.42. The van der Waals surface area contributed by atoms with Crippen LogP contribution < -0.4 is 10.6 Å². The first-order chi connectivity index (χ1) is 10.5. The van der Waals surface area contributed by atoms with E-state index in [2.05, 4.69) is 15.5 Å². The number of rotatable bonds is 5. The summed E-state index contributed by atoms with van der Waals surface area (Å²) in [6, 6.07) is 3.51. The number of pyridine rings is 1. The van der Waals surface area contributed by atoms with E-state index in [-0.39, 0.29) is 5.69 Å². The van der Waals surface area contributed by atoms with Crippen LogP contribution in [0.3, 0.4) is 0 Å². The number of carbonyl (C=O) groups is 1. The van der Waals surface area contributed by atoms with Crippen molar-refractivity contribution in [3.05, 3.63) is 40.3 Å². The molecule has 0 amide bonds. The minimum absolute atomic E-state index is 0.135. The number of hydrazone groups is 1. The quantitative estimate of drug-likeness (QED) is 0.256. The normalized spacial score (nSPS) is 11.3. The van der Waals surface area contributed by atoms with E-state index in [4.69, 9.17) is 5.14 Å². The van der Waals surface area contributed by atoms with E-state index in [1.165, 1.54) is 0 Å². The van der Waals surface area contributed by atoms with Gasteiger partial charge in [-0.2, -0.15) is 5.10 Å². The van der Waals surface area contributed by atoms with Gasteiger partial charge in [-0.3, -0.25) is 10.6 Å². The van der Waals surface area contributed by atoms with E-state index in [1.807, 2.05) is 6.92 Å². The van der Waals surface area contributed by atoms with E-state index in [9.17, 15) is 14.3 Å². The van der Waals surface area contributed by atoms with Crippen molar-refractivity contribution in [2.75, 3.05) is 5.88 Å². The maximum Gasteiger partial charge on any atom is 0.339 e. The van der Waals surface area contributed by atoms with E-state index >= 15 is 0 Å². The van der Waals surface area contributed by atoms with Gasteiger partial charge in [-0.1, -0.05) is 18.0 Å². The van der Waals surface area contributed by atoms with E-state index < -0.39 is 17.3 Å². The third-order valence-corrected chi connectivity index (χ3v) is 3.33. The number of aryl methyl sites for hydroxylation is 2. The van der Waals surface area contributed by atoms with Crippen LogP contribution in [0.25, 0.3) is 10.9 Å². The van der Waals surface area contributed by atoms with Gasteiger partial charge >= 0.3 is 5.97 Å². The van der Waals surface area contributed by atoms with Gasteiger partial charge in [-0.25, -0.2) is 14.2 Å². The van der Waals surface area contributed by atoms with Crippen LogP contribution in [0.1, 0.15) is 27.2 Å². The van der Waals surface area contributed by atoms with E-state index in [0.29, 0.717) is 22.3 Å². The Hall–Kier alpha value is -2.19. The Morgan fingerprint density at radius 3 is 2.91 bits per heavy atom. The molecule has 116 valence electrons. The Labute approximate surface area is 130 Å². The lowest BCUT2D eigenvalue weighted by Gasteiger charge is -2.10. The molecule has 0 aliphatic carbocycles. The first-order valence-electron chi connectivity index (χ1n) is 6.37. The highest BCUT2D eigenvalue weighted by molar-refractivity contribution is 7.97. The van der Waals surface area contributed by atoms with Crippen molar-refractivity contribution in [2.24, 2.45) is 10.2 Å². The van der Waals surface area contributed by atoms with Gasteiger partial charge in [0, 0.05) is 5.39 Å². The summed E-state index contributed by atoms with van der Waals surface area (Å²) in [6.45, 7) is 3.60. The number of carboxylic acid groups (broad SMARTS) is 1. The molecule has 0 bridgehead atoms. The lowest BCUT2D eigenvalue weighted by Crippen LogP contribution is -2.11. The third kappa shape index (κ3) is 3.18. The third-order valence-electron chi connectivity index (χ3n) is 3.03. The topological polar surface area (TPSA) is 101 Å². The molecule has 0 atom stereocenters. The highest BCUT2D eigenvalue weighted by Crippen LogP contribution is 2.26. The van der Waals surface area contributed by atoms with Gasteiger partial charge in [0.15, 0.2) is 5.82 Å². The van der Waals surface area contributed by atoms with Crippen LogP contribution in [0, 0.1) is 19.7 Å². The number of hydrogen-bond acceptors (Lipinski definition) is 6. The average Bonchev–Trinajstić information content (AvgIpc) is 2.44. The number of nitrogens with one attached hydrogen (secondary N) is 1. The molecule has 8 heteroatoms. The molecule has 0 radical (unpaired) electrons. The number of hydrogen-bond donors (Lipinski definition) is 3. The molecule has 2 rings (SSSR count). The number of carboxylic acids is 1. The van der Waals surface area contributed by atoms with Crippen LogP contribution in [0.2, 0.25) is 0 Å². The molecule has 1 heterocycles. The van der Waals surface area contributed by atoms with Crippen LogP contribution >= 0.6 is 11.9 Å². The van der Waals surface area contributed by atoms with Gasteiger partial charge < -0.3 is 5.11 Å². The Balaban J connectivity index is 2.67. The Kier molecular flexibility index (Phi) is 4.94. The SMILES string of the molecule is Cc1cc(C)c2c(C(=O)O)c(F)c(/C=N/NCSN)nc2c1. The summed E-state index contributed by atoms with van der Waals surface area (Å²) in [6.07, 6.45) is 1.15. The van der Waals surface area contributed by atoms with Crippen LogP contribution in [-0.4, -0.2) is 28.2 Å². The number of nitrogens with zero attached hydrogens (tertiary/aromatic N) is 2. The molecule has 1 aromatic carbocycles. The Bertz CT molecular complexity index is 764. The molecule has 0 fully saturated rings. The lowest BCUT2D eigenvalue weighted by atomic mass is 10.00. The zero-order valence-electron chi connectivity index (χ0n) is 12.1. The number of fused-ring (bicyclic) bond motifs is 1. The first kappa shape index (κ1) is 16.2. The molecular formula is C14H15FN4O2S. The fraction of sp³-hybridized carbons (Fsp3) is 0.214. The molecule has 1 aromatic heterocycles. The molecular weight excluding hydrogens is 307 g/mol. The predicted octanol–water partition coefficient (Wildman–Crippen LogP) is 2.18. The Morgan fingerprint density at radius 2 is 2.27 bits per heavy atom. The highest BCUT2D eigenvalue weighted by Gasteiger charge is 2.21. The fourth-order valence-electron chi connectivity index (χ4n) is 2.24. The van der Waals surface area contributed by atoms with Crippen molar-refractivity contribution in [1.82, 2.24) is 10.4 Å². The highest BCUT2D eigenvalue weighted by atomic mass is 32.2. The van der Waals surface area contributed by atoms with Crippen LogP contribution in [0.4, 0.5) is 4.39 Å². The summed E-state index contributed by atoms with van der Waals surface area (Å²) in [5.74, 6) is -1.90. The number of benzene rings is 1. The van der Waals surface area contributed by atoms with Gasteiger partial charge in [0.1, 0.15) is 11.3 Å². The van der Waals surface area contributed by atoms with Crippen molar-refractivity contribution in [3.8, 4) is 0 Å². The average molecular weight is 322 g/mol. The second kappa shape index (κ2) is 6.71. The van der Waals surface area contributed by atoms with Crippen molar-refractivity contribution in [1.29, 1.82) is 0 Å². The molecule has 0 spiro atoms. The van der Waals surface area contributed by atoms with Gasteiger partial charge in [0.25, 0.3) is 0 Å². The molecule has 0 saturated carbocycles. The summed E-state index contributed by atoms with van der Waals surface area (Å²) in [5.41, 5.74) is 4.06. The Morgan fingerprint density at radius 1 is 1.55 bits per heavy atom. The molecule has 0 aliphatic heterocycles. The number of nitrogens with two attached hydrogens (primary N) is 1. The van der Waals surface area contributed by atoms with Crippen molar-refractivity contribution < 1.29 is 14.3 Å². The molecule has 2 aromatic rings. The largest absolute Gasteiger partial charge is 0.478 e. The van der Waals surface area contributed by atoms with Gasteiger partial charge in [-0.05, 0) is 31.0 Å². The number of aromatic nitrogens is 1. The summed E-state index contributed by atoms with van der Waals surface area (Å²) in [4.78, 5) is 15.6. The summed E-state index contributed by atoms with van der Waals surface area (Å²) >= 11 is 1.02. The van der Waals surface area contributed by atoms with Gasteiger partial charge in [-0.15, -0.1) is 0 Å². The summed E-state index contributed by atoms with van der Waals surface area (Å²) in [7, 11) is 0. The van der Waals surface area contributed by atoms with Crippen LogP contribution in [-0.2, 0) is 0 Å². The summed E-state index contributed by atoms with van der Waals surface area (Å²) < 4.78 is 14.5. The number of aromatic carboxylic acids is 1. The van der Waals surface area contributed by atoms with Crippen LogP contribution in [0.15, 0.2) is 17.2 Å². The predicted molar refractivity (Wildman–Crippen MR) is 85.5 cm³/mol. The van der Waals surface area contributed by atoms with Crippen molar-refractivity contribution in [2.45, 2.75) is 13.8 Å². The molecule has 4 N–H and O–H groups in total. The molecule has 6 nitrogen and oxygen atoms in total. The van der Waals surface area contributed by atoms with Crippen LogP contribution in [0.5, 0.6) is 0 Å². The zero-order chi connectivity index (χ0) is 16.3. The number of halogens is 1.